The van der Waals surface area contributed by atoms with Crippen LogP contribution in [0.5, 0.6) is 0 Å². The predicted molar refractivity (Wildman–Crippen MR) is 89.0 cm³/mol. The van der Waals surface area contributed by atoms with Gasteiger partial charge < -0.3 is 10.6 Å². The summed E-state index contributed by atoms with van der Waals surface area (Å²) in [6.07, 6.45) is 0.828. The van der Waals surface area contributed by atoms with Gasteiger partial charge in [0.15, 0.2) is 0 Å². The number of hydrogen-bond acceptors (Lipinski definition) is 3. The average Bonchev–Trinajstić information content (AvgIpc) is 2.73. The number of nitrogens with two attached hydrogens (primary N) is 1. The third-order valence-electron chi connectivity index (χ3n) is 3.98. The van der Waals surface area contributed by atoms with Gasteiger partial charge in [-0.2, -0.15) is 5.10 Å². The van der Waals surface area contributed by atoms with Crippen molar-refractivity contribution in [3.05, 3.63) is 46.1 Å². The van der Waals surface area contributed by atoms with Crippen molar-refractivity contribution in [3.8, 4) is 0 Å². The quantitative estimate of drug-likeness (QED) is 0.923. The van der Waals surface area contributed by atoms with Crippen LogP contribution in [-0.2, 0) is 13.5 Å². The number of aryl methyl sites for hydroxylation is 2. The molecule has 1 heterocycles. The Labute approximate surface area is 131 Å². The Morgan fingerprint density at radius 2 is 2.05 bits per heavy atom. The summed E-state index contributed by atoms with van der Waals surface area (Å²) in [4.78, 5) is 2.21. The van der Waals surface area contributed by atoms with E-state index in [0.717, 1.165) is 28.5 Å². The first-order valence-corrected chi connectivity index (χ1v) is 7.55. The molecule has 0 saturated carbocycles. The van der Waals surface area contributed by atoms with Gasteiger partial charge in [-0.25, -0.2) is 0 Å². The second-order valence-electron chi connectivity index (χ2n) is 5.36. The summed E-state index contributed by atoms with van der Waals surface area (Å²) in [5.74, 6) is 1.10. The molecule has 114 valence electrons. The highest BCUT2D eigenvalue weighted by atomic mass is 35.5. The maximum absolute atomic E-state index is 6.33. The Morgan fingerprint density at radius 1 is 1.38 bits per heavy atom. The van der Waals surface area contributed by atoms with Gasteiger partial charge in [-0.1, -0.05) is 29.8 Å². The van der Waals surface area contributed by atoms with Gasteiger partial charge in [0.2, 0.25) is 0 Å². The molecule has 0 aliphatic carbocycles. The van der Waals surface area contributed by atoms with E-state index in [1.54, 1.807) is 0 Å². The van der Waals surface area contributed by atoms with Crippen LogP contribution < -0.4 is 10.6 Å². The second-order valence-corrected chi connectivity index (χ2v) is 5.77. The van der Waals surface area contributed by atoms with E-state index in [2.05, 4.69) is 30.0 Å². The van der Waals surface area contributed by atoms with Crippen LogP contribution in [0.4, 0.5) is 5.82 Å². The van der Waals surface area contributed by atoms with Crippen molar-refractivity contribution >= 4 is 17.4 Å². The van der Waals surface area contributed by atoms with Crippen molar-refractivity contribution in [2.45, 2.75) is 26.3 Å². The number of anilines is 1. The van der Waals surface area contributed by atoms with Crippen LogP contribution in [0.2, 0.25) is 5.02 Å². The van der Waals surface area contributed by atoms with Gasteiger partial charge in [0.1, 0.15) is 5.82 Å². The van der Waals surface area contributed by atoms with Crippen LogP contribution in [0.3, 0.4) is 0 Å². The zero-order valence-electron chi connectivity index (χ0n) is 13.1. The Bertz CT molecular complexity index is 621. The topological polar surface area (TPSA) is 47.1 Å². The van der Waals surface area contributed by atoms with E-state index >= 15 is 0 Å². The molecule has 1 aromatic heterocycles. The van der Waals surface area contributed by atoms with Gasteiger partial charge in [-0.3, -0.25) is 4.68 Å². The maximum atomic E-state index is 6.33. The first-order chi connectivity index (χ1) is 9.97. The maximum Gasteiger partial charge on any atom is 0.130 e. The lowest BCUT2D eigenvalue weighted by Crippen LogP contribution is -2.25. The van der Waals surface area contributed by atoms with E-state index in [0.29, 0.717) is 6.54 Å². The summed E-state index contributed by atoms with van der Waals surface area (Å²) in [5, 5.41) is 5.32. The number of nitrogens with zero attached hydrogens (tertiary/aromatic N) is 3. The molecule has 0 fully saturated rings. The molecule has 1 aromatic carbocycles. The number of rotatable bonds is 5. The first-order valence-electron chi connectivity index (χ1n) is 7.17. The summed E-state index contributed by atoms with van der Waals surface area (Å²) in [7, 11) is 4.04. The molecule has 0 radical (unpaired) electrons. The normalized spacial score (nSPS) is 12.5. The molecule has 0 amide bonds. The monoisotopic (exact) mass is 306 g/mol. The third kappa shape index (κ3) is 3.06. The fourth-order valence-electron chi connectivity index (χ4n) is 2.77. The van der Waals surface area contributed by atoms with Crippen LogP contribution >= 0.6 is 11.6 Å². The van der Waals surface area contributed by atoms with Gasteiger partial charge >= 0.3 is 0 Å². The smallest absolute Gasteiger partial charge is 0.130 e. The van der Waals surface area contributed by atoms with Crippen molar-refractivity contribution in [1.29, 1.82) is 0 Å². The number of hydrogen-bond donors (Lipinski definition) is 1. The Morgan fingerprint density at radius 3 is 2.67 bits per heavy atom. The van der Waals surface area contributed by atoms with E-state index in [1.807, 2.05) is 36.9 Å². The van der Waals surface area contributed by atoms with E-state index in [1.165, 1.54) is 5.56 Å². The van der Waals surface area contributed by atoms with Crippen molar-refractivity contribution in [3.63, 3.8) is 0 Å². The van der Waals surface area contributed by atoms with E-state index in [9.17, 15) is 0 Å². The molecule has 0 saturated heterocycles. The predicted octanol–water partition coefficient (Wildman–Crippen LogP) is 3.08. The van der Waals surface area contributed by atoms with Gasteiger partial charge in [0, 0.05) is 24.7 Å². The van der Waals surface area contributed by atoms with Gasteiger partial charge in [-0.05, 0) is 38.4 Å². The molecule has 2 N–H and O–H groups in total. The molecule has 21 heavy (non-hydrogen) atoms. The minimum atomic E-state index is 0.157. The van der Waals surface area contributed by atoms with Crippen LogP contribution in [0.15, 0.2) is 24.3 Å². The highest BCUT2D eigenvalue weighted by molar-refractivity contribution is 6.31. The second kappa shape index (κ2) is 6.50. The fraction of sp³-hybridized carbons (Fsp3) is 0.438. The molecule has 0 aliphatic heterocycles. The van der Waals surface area contributed by atoms with Crippen molar-refractivity contribution in [1.82, 2.24) is 9.78 Å². The van der Waals surface area contributed by atoms with Gasteiger partial charge in [-0.15, -0.1) is 0 Å². The molecule has 2 aromatic rings. The summed E-state index contributed by atoms with van der Waals surface area (Å²) in [5.41, 5.74) is 9.10. The summed E-state index contributed by atoms with van der Waals surface area (Å²) in [6.45, 7) is 4.80. The Hall–Kier alpha value is -1.52. The largest absolute Gasteiger partial charge is 0.353 e. The molecular weight excluding hydrogens is 284 g/mol. The van der Waals surface area contributed by atoms with Crippen LogP contribution in [0.25, 0.3) is 0 Å². The zero-order chi connectivity index (χ0) is 15.6. The van der Waals surface area contributed by atoms with Crippen molar-refractivity contribution < 1.29 is 0 Å². The molecule has 2 rings (SSSR count). The highest BCUT2D eigenvalue weighted by Crippen LogP contribution is 2.32. The van der Waals surface area contributed by atoms with Crippen LogP contribution in [-0.4, -0.2) is 23.4 Å². The molecule has 0 bridgehead atoms. The van der Waals surface area contributed by atoms with E-state index in [-0.39, 0.29) is 6.04 Å². The number of benzene rings is 1. The van der Waals surface area contributed by atoms with Gasteiger partial charge in [0.05, 0.1) is 11.7 Å². The zero-order valence-corrected chi connectivity index (χ0v) is 13.9. The van der Waals surface area contributed by atoms with E-state index < -0.39 is 0 Å². The summed E-state index contributed by atoms with van der Waals surface area (Å²) < 4.78 is 1.92. The lowest BCUT2D eigenvalue weighted by Gasteiger charge is -2.29. The van der Waals surface area contributed by atoms with Crippen molar-refractivity contribution in [2.24, 2.45) is 12.8 Å². The molecule has 5 heteroatoms. The number of halogens is 1. The molecule has 1 atom stereocenters. The minimum Gasteiger partial charge on any atom is -0.353 e. The highest BCUT2D eigenvalue weighted by Gasteiger charge is 2.22. The average molecular weight is 307 g/mol. The lowest BCUT2D eigenvalue weighted by atomic mass is 10.1. The molecule has 1 unspecified atom stereocenters. The van der Waals surface area contributed by atoms with E-state index in [4.69, 9.17) is 17.3 Å². The Kier molecular flexibility index (Phi) is 4.91. The SMILES string of the molecule is Cc1nn(C)c(N(C)C(C)c2ccccc2Cl)c1CCN. The van der Waals surface area contributed by atoms with Crippen molar-refractivity contribution in [2.75, 3.05) is 18.5 Å². The third-order valence-corrected chi connectivity index (χ3v) is 4.32. The fourth-order valence-corrected chi connectivity index (χ4v) is 3.07. The standard InChI is InChI=1S/C16H23ClN4/c1-11-13(9-10-18)16(21(4)19-11)20(3)12(2)14-7-5-6-8-15(14)17/h5-8,12H,9-10,18H2,1-4H3. The number of aromatic nitrogens is 2. The van der Waals surface area contributed by atoms with Gasteiger partial charge in [0.25, 0.3) is 0 Å². The summed E-state index contributed by atoms with van der Waals surface area (Å²) >= 11 is 6.33. The molecule has 4 nitrogen and oxygen atoms in total. The molecule has 0 aliphatic rings. The molecule has 0 spiro atoms. The van der Waals surface area contributed by atoms with Crippen LogP contribution in [0, 0.1) is 6.92 Å². The molecular formula is C16H23ClN4. The minimum absolute atomic E-state index is 0.157. The van der Waals surface area contributed by atoms with Crippen LogP contribution in [0.1, 0.15) is 29.8 Å². The first kappa shape index (κ1) is 15.9. The summed E-state index contributed by atoms with van der Waals surface area (Å²) in [6, 6.07) is 8.12. The lowest BCUT2D eigenvalue weighted by molar-refractivity contribution is 0.670. The Balaban J connectivity index is 2.40.